The molecule has 0 saturated heterocycles. The van der Waals surface area contributed by atoms with E-state index in [4.69, 9.17) is 5.11 Å². The average Bonchev–Trinajstić information content (AvgIpc) is 3.20. The van der Waals surface area contributed by atoms with Gasteiger partial charge in [-0.3, -0.25) is 4.79 Å². The summed E-state index contributed by atoms with van der Waals surface area (Å²) < 4.78 is 28.7. The van der Waals surface area contributed by atoms with Crippen molar-refractivity contribution in [2.24, 2.45) is 17.8 Å². The number of rotatable bonds is 9. The first-order valence-corrected chi connectivity index (χ1v) is 11.3. The number of unbranched alkanes of at least 4 members (excludes halogenated alkanes) is 1. The van der Waals surface area contributed by atoms with E-state index in [1.807, 2.05) is 19.1 Å². The highest BCUT2D eigenvalue weighted by molar-refractivity contribution is 7.89. The Morgan fingerprint density at radius 1 is 1.26 bits per heavy atom. The molecule has 0 amide bonds. The van der Waals surface area contributed by atoms with Crippen LogP contribution in [-0.4, -0.2) is 25.5 Å². The van der Waals surface area contributed by atoms with Gasteiger partial charge in [-0.25, -0.2) is 13.1 Å². The zero-order valence-electron chi connectivity index (χ0n) is 15.8. The van der Waals surface area contributed by atoms with E-state index >= 15 is 0 Å². The number of carboxylic acids is 1. The van der Waals surface area contributed by atoms with Gasteiger partial charge >= 0.3 is 5.97 Å². The fourth-order valence-corrected chi connectivity index (χ4v) is 6.17. The SMILES string of the molecule is Cc1cccc(S(=O)(=O)N[C@H]2C3CC[C@H](C3)[C@@H]2C/C=C\CCCC(=O)O)c1. The van der Waals surface area contributed by atoms with Crippen LogP contribution in [-0.2, 0) is 14.8 Å². The minimum Gasteiger partial charge on any atom is -0.481 e. The van der Waals surface area contributed by atoms with Crippen LogP contribution in [0.25, 0.3) is 0 Å². The molecule has 0 radical (unpaired) electrons. The number of sulfonamides is 1. The van der Waals surface area contributed by atoms with Gasteiger partial charge in [0.2, 0.25) is 10.0 Å². The predicted octanol–water partition coefficient (Wildman–Crippen LogP) is 3.89. The maximum Gasteiger partial charge on any atom is 0.303 e. The number of carboxylic acid groups (broad SMARTS) is 1. The Morgan fingerprint density at radius 2 is 2.04 bits per heavy atom. The van der Waals surface area contributed by atoms with Crippen LogP contribution in [0.4, 0.5) is 0 Å². The number of hydrogen-bond donors (Lipinski definition) is 2. The van der Waals surface area contributed by atoms with Crippen LogP contribution in [0, 0.1) is 24.7 Å². The topological polar surface area (TPSA) is 83.5 Å². The maximum absolute atomic E-state index is 12.9. The second-order valence-electron chi connectivity index (χ2n) is 7.95. The van der Waals surface area contributed by atoms with Crippen molar-refractivity contribution in [3.8, 4) is 0 Å². The van der Waals surface area contributed by atoms with Crippen molar-refractivity contribution in [3.63, 3.8) is 0 Å². The molecule has 1 unspecified atom stereocenters. The van der Waals surface area contributed by atoms with Gasteiger partial charge < -0.3 is 5.11 Å². The third-order valence-electron chi connectivity index (χ3n) is 6.02. The fourth-order valence-electron chi connectivity index (χ4n) is 4.71. The minimum absolute atomic E-state index is 0.00191. The molecule has 2 aliphatic rings. The first-order chi connectivity index (χ1) is 12.9. The molecular formula is C21H29NO4S. The van der Waals surface area contributed by atoms with E-state index in [2.05, 4.69) is 10.8 Å². The summed E-state index contributed by atoms with van der Waals surface area (Å²) in [5.41, 5.74) is 0.937. The molecule has 0 aliphatic heterocycles. The summed E-state index contributed by atoms with van der Waals surface area (Å²) in [6, 6.07) is 7.04. The van der Waals surface area contributed by atoms with Crippen LogP contribution in [0.2, 0.25) is 0 Å². The largest absolute Gasteiger partial charge is 0.481 e. The third kappa shape index (κ3) is 4.99. The van der Waals surface area contributed by atoms with Gasteiger partial charge in [0.1, 0.15) is 0 Å². The summed E-state index contributed by atoms with van der Waals surface area (Å²) in [6.07, 6.45) is 10.0. The molecule has 6 heteroatoms. The molecule has 1 aromatic rings. The second-order valence-corrected chi connectivity index (χ2v) is 9.67. The van der Waals surface area contributed by atoms with E-state index in [0.717, 1.165) is 31.2 Å². The number of aryl methyl sites for hydroxylation is 1. The average molecular weight is 392 g/mol. The highest BCUT2D eigenvalue weighted by atomic mass is 32.2. The van der Waals surface area contributed by atoms with Crippen molar-refractivity contribution >= 4 is 16.0 Å². The van der Waals surface area contributed by atoms with Crippen molar-refractivity contribution in [2.45, 2.75) is 62.8 Å². The van der Waals surface area contributed by atoms with Crippen LogP contribution in [0.15, 0.2) is 41.3 Å². The summed E-state index contributed by atoms with van der Waals surface area (Å²) in [5.74, 6) is 0.588. The fraction of sp³-hybridized carbons (Fsp3) is 0.571. The van der Waals surface area contributed by atoms with Crippen molar-refractivity contribution in [2.75, 3.05) is 0 Å². The van der Waals surface area contributed by atoms with Crippen molar-refractivity contribution in [3.05, 3.63) is 42.0 Å². The Morgan fingerprint density at radius 3 is 2.78 bits per heavy atom. The smallest absolute Gasteiger partial charge is 0.303 e. The lowest BCUT2D eigenvalue weighted by Gasteiger charge is -2.31. The Kier molecular flexibility index (Phi) is 6.37. The number of aliphatic carboxylic acids is 1. The molecule has 4 atom stereocenters. The first-order valence-electron chi connectivity index (χ1n) is 9.82. The Balaban J connectivity index is 1.63. The monoisotopic (exact) mass is 391 g/mol. The molecule has 2 N–H and O–H groups in total. The van der Waals surface area contributed by atoms with Gasteiger partial charge in [0.15, 0.2) is 0 Å². The van der Waals surface area contributed by atoms with E-state index in [0.29, 0.717) is 29.1 Å². The minimum atomic E-state index is -3.51. The molecule has 2 bridgehead atoms. The molecular weight excluding hydrogens is 362 g/mol. The zero-order chi connectivity index (χ0) is 19.4. The lowest BCUT2D eigenvalue weighted by atomic mass is 9.83. The highest BCUT2D eigenvalue weighted by Crippen LogP contribution is 2.50. The summed E-state index contributed by atoms with van der Waals surface area (Å²) >= 11 is 0. The standard InChI is InChI=1S/C21H29NO4S/c1-15-7-6-8-18(13-15)27(25,26)22-21-17-12-11-16(14-17)19(21)9-4-2-3-5-10-20(23)24/h2,4,6-8,13,16-17,19,21-22H,3,5,9-12,14H2,1H3,(H,23,24)/b4-2-/t16-,17?,19+,21+/m1/s1. The Bertz CT molecular complexity index is 802. The number of fused-ring (bicyclic) bond motifs is 2. The van der Waals surface area contributed by atoms with Crippen LogP contribution in [0.5, 0.6) is 0 Å². The lowest BCUT2D eigenvalue weighted by Crippen LogP contribution is -2.43. The summed E-state index contributed by atoms with van der Waals surface area (Å²) in [6.45, 7) is 1.90. The van der Waals surface area contributed by atoms with Crippen LogP contribution < -0.4 is 4.72 Å². The molecule has 2 fully saturated rings. The van der Waals surface area contributed by atoms with Crippen molar-refractivity contribution in [1.82, 2.24) is 4.72 Å². The number of allylic oxidation sites excluding steroid dienone is 2. The molecule has 3 rings (SSSR count). The van der Waals surface area contributed by atoms with Gasteiger partial charge in [-0.15, -0.1) is 0 Å². The molecule has 2 aliphatic carbocycles. The van der Waals surface area contributed by atoms with Crippen LogP contribution >= 0.6 is 0 Å². The zero-order valence-corrected chi connectivity index (χ0v) is 16.6. The van der Waals surface area contributed by atoms with E-state index < -0.39 is 16.0 Å². The van der Waals surface area contributed by atoms with Gasteiger partial charge in [-0.05, 0) is 80.9 Å². The van der Waals surface area contributed by atoms with Crippen molar-refractivity contribution in [1.29, 1.82) is 0 Å². The molecule has 1 aromatic carbocycles. The summed E-state index contributed by atoms with van der Waals surface area (Å²) in [5, 5.41) is 8.68. The Labute approximate surface area is 161 Å². The molecule has 0 heterocycles. The van der Waals surface area contributed by atoms with E-state index in [-0.39, 0.29) is 12.5 Å². The van der Waals surface area contributed by atoms with Crippen LogP contribution in [0.3, 0.4) is 0 Å². The van der Waals surface area contributed by atoms with Crippen molar-refractivity contribution < 1.29 is 18.3 Å². The normalized spacial score (nSPS) is 27.4. The molecule has 0 aromatic heterocycles. The molecule has 148 valence electrons. The third-order valence-corrected chi connectivity index (χ3v) is 7.47. The van der Waals surface area contributed by atoms with Gasteiger partial charge in [0.05, 0.1) is 4.90 Å². The molecule has 0 spiro atoms. The lowest BCUT2D eigenvalue weighted by molar-refractivity contribution is -0.137. The van der Waals surface area contributed by atoms with Gasteiger partial charge in [-0.1, -0.05) is 24.3 Å². The van der Waals surface area contributed by atoms with E-state index in [1.54, 1.807) is 18.2 Å². The van der Waals surface area contributed by atoms with Gasteiger partial charge in [0, 0.05) is 12.5 Å². The number of carbonyl (C=O) groups is 1. The highest BCUT2D eigenvalue weighted by Gasteiger charge is 2.48. The van der Waals surface area contributed by atoms with Gasteiger partial charge in [-0.2, -0.15) is 0 Å². The maximum atomic E-state index is 12.9. The van der Waals surface area contributed by atoms with Crippen LogP contribution in [0.1, 0.15) is 50.5 Å². The molecule has 2 saturated carbocycles. The first kappa shape index (κ1) is 20.1. The van der Waals surface area contributed by atoms with E-state index in [9.17, 15) is 13.2 Å². The molecule has 5 nitrogen and oxygen atoms in total. The molecule has 27 heavy (non-hydrogen) atoms. The number of nitrogens with one attached hydrogen (secondary N) is 1. The second kappa shape index (κ2) is 8.57. The predicted molar refractivity (Wildman–Crippen MR) is 105 cm³/mol. The summed E-state index contributed by atoms with van der Waals surface area (Å²) in [4.78, 5) is 10.9. The number of hydrogen-bond acceptors (Lipinski definition) is 3. The Hall–Kier alpha value is -1.66. The summed E-state index contributed by atoms with van der Waals surface area (Å²) in [7, 11) is -3.51. The number of benzene rings is 1. The van der Waals surface area contributed by atoms with E-state index in [1.165, 1.54) is 6.42 Å². The quantitative estimate of drug-likeness (QED) is 0.494. The van der Waals surface area contributed by atoms with Gasteiger partial charge in [0.25, 0.3) is 0 Å².